The zero-order valence-electron chi connectivity index (χ0n) is 16.2. The van der Waals surface area contributed by atoms with Crippen molar-refractivity contribution < 1.29 is 19.2 Å². The number of anilines is 1. The van der Waals surface area contributed by atoms with Crippen molar-refractivity contribution in [3.05, 3.63) is 96.1 Å². The zero-order valence-corrected chi connectivity index (χ0v) is 16.2. The number of methoxy groups -OCH3 is 1. The lowest BCUT2D eigenvalue weighted by atomic mass is 10.2. The van der Waals surface area contributed by atoms with Gasteiger partial charge in [-0.1, -0.05) is 36.4 Å². The van der Waals surface area contributed by atoms with Gasteiger partial charge in [0, 0.05) is 11.6 Å². The molecule has 0 aromatic heterocycles. The van der Waals surface area contributed by atoms with Gasteiger partial charge in [-0.25, -0.2) is 10.3 Å². The van der Waals surface area contributed by atoms with Crippen molar-refractivity contribution in [2.24, 2.45) is 10.2 Å². The largest absolute Gasteiger partial charge is 0.497 e. The maximum atomic E-state index is 12.1. The van der Waals surface area contributed by atoms with E-state index >= 15 is 0 Å². The average molecular weight is 401 g/mol. The first-order valence-corrected chi connectivity index (χ1v) is 9.04. The van der Waals surface area contributed by atoms with Crippen LogP contribution in [-0.4, -0.2) is 19.0 Å². The van der Waals surface area contributed by atoms with Crippen LogP contribution in [0, 0.1) is 0 Å². The zero-order chi connectivity index (χ0) is 21.2. The highest BCUT2D eigenvalue weighted by Gasteiger charge is 2.05. The summed E-state index contributed by atoms with van der Waals surface area (Å²) in [5.74, 6) is -0.443. The topological polar surface area (TPSA) is 89.3 Å². The van der Waals surface area contributed by atoms with Gasteiger partial charge in [-0.05, 0) is 54.1 Å². The lowest BCUT2D eigenvalue weighted by Gasteiger charge is -2.04. The van der Waals surface area contributed by atoms with Crippen LogP contribution in [0.4, 0.5) is 11.4 Å². The molecule has 0 spiro atoms. The number of nitrogens with zero attached hydrogens (tertiary/aromatic N) is 2. The van der Waals surface area contributed by atoms with Crippen LogP contribution in [0.25, 0.3) is 6.08 Å². The molecule has 7 heteroatoms. The van der Waals surface area contributed by atoms with Crippen molar-refractivity contribution >= 4 is 29.3 Å². The number of benzene rings is 3. The number of hydrogen-bond acceptors (Lipinski definition) is 6. The van der Waals surface area contributed by atoms with Gasteiger partial charge in [-0.3, -0.25) is 4.79 Å². The van der Waals surface area contributed by atoms with Crippen LogP contribution >= 0.6 is 0 Å². The maximum absolute atomic E-state index is 12.1. The Balaban J connectivity index is 1.52. The second-order valence-corrected chi connectivity index (χ2v) is 6.05. The van der Waals surface area contributed by atoms with Crippen molar-refractivity contribution in [2.75, 3.05) is 12.6 Å². The minimum Gasteiger partial charge on any atom is -0.497 e. The number of carbonyl (C=O) groups is 2. The van der Waals surface area contributed by atoms with E-state index in [2.05, 4.69) is 15.7 Å². The molecule has 0 radical (unpaired) electrons. The third-order valence-corrected chi connectivity index (χ3v) is 3.92. The molecule has 0 fully saturated rings. The molecule has 7 nitrogen and oxygen atoms in total. The van der Waals surface area contributed by atoms with Gasteiger partial charge in [-0.15, -0.1) is 10.2 Å². The summed E-state index contributed by atoms with van der Waals surface area (Å²) in [5.41, 5.74) is 4.86. The van der Waals surface area contributed by atoms with Gasteiger partial charge in [-0.2, -0.15) is 0 Å². The predicted octanol–water partition coefficient (Wildman–Crippen LogP) is 5.20. The molecular weight excluding hydrogens is 382 g/mol. The summed E-state index contributed by atoms with van der Waals surface area (Å²) >= 11 is 0. The highest BCUT2D eigenvalue weighted by molar-refractivity contribution is 5.95. The summed E-state index contributed by atoms with van der Waals surface area (Å²) in [6, 6.07) is 22.7. The second kappa shape index (κ2) is 10.3. The van der Waals surface area contributed by atoms with Crippen molar-refractivity contribution in [3.8, 4) is 5.75 Å². The van der Waals surface area contributed by atoms with Gasteiger partial charge < -0.3 is 9.57 Å². The number of ether oxygens (including phenoxy) is 1. The monoisotopic (exact) mass is 401 g/mol. The van der Waals surface area contributed by atoms with Gasteiger partial charge in [0.15, 0.2) is 0 Å². The molecule has 0 saturated carbocycles. The van der Waals surface area contributed by atoms with E-state index in [9.17, 15) is 9.59 Å². The van der Waals surface area contributed by atoms with Gasteiger partial charge >= 0.3 is 5.97 Å². The molecule has 0 aliphatic rings. The standard InChI is InChI=1S/C23H19N3O4/c1-29-21-9-5-8-18(16-21)23(28)25-24-19-11-13-20(14-12-19)26-30-22(27)15-10-17-6-3-2-4-7-17/h2-16,26H,1H3/b15-10+,25-24?. The summed E-state index contributed by atoms with van der Waals surface area (Å²) in [6.07, 6.45) is 2.99. The number of rotatable bonds is 7. The van der Waals surface area contributed by atoms with Crippen molar-refractivity contribution in [3.63, 3.8) is 0 Å². The van der Waals surface area contributed by atoms with E-state index < -0.39 is 11.9 Å². The number of azo groups is 1. The SMILES string of the molecule is COc1cccc(C(=O)N=Nc2ccc(NOC(=O)/C=C/c3ccccc3)cc2)c1. The molecule has 0 heterocycles. The summed E-state index contributed by atoms with van der Waals surface area (Å²) < 4.78 is 5.09. The fraction of sp³-hybridized carbons (Fsp3) is 0.0435. The number of hydrogen-bond donors (Lipinski definition) is 1. The predicted molar refractivity (Wildman–Crippen MR) is 113 cm³/mol. The molecular formula is C23H19N3O4. The molecule has 0 atom stereocenters. The molecule has 1 amide bonds. The Morgan fingerprint density at radius 3 is 2.43 bits per heavy atom. The van der Waals surface area contributed by atoms with Gasteiger partial charge in [0.1, 0.15) is 5.75 Å². The second-order valence-electron chi connectivity index (χ2n) is 6.05. The summed E-state index contributed by atoms with van der Waals surface area (Å²) in [7, 11) is 1.53. The van der Waals surface area contributed by atoms with Crippen molar-refractivity contribution in [1.29, 1.82) is 0 Å². The highest BCUT2D eigenvalue weighted by Crippen LogP contribution is 2.18. The third-order valence-electron chi connectivity index (χ3n) is 3.92. The highest BCUT2D eigenvalue weighted by atomic mass is 16.7. The van der Waals surface area contributed by atoms with Crippen LogP contribution in [0.3, 0.4) is 0 Å². The van der Waals surface area contributed by atoms with Crippen LogP contribution in [0.15, 0.2) is 95.2 Å². The third kappa shape index (κ3) is 6.13. The molecule has 0 bridgehead atoms. The number of carbonyl (C=O) groups excluding carboxylic acids is 2. The molecule has 30 heavy (non-hydrogen) atoms. The van der Waals surface area contributed by atoms with E-state index in [1.54, 1.807) is 54.6 Å². The lowest BCUT2D eigenvalue weighted by Crippen LogP contribution is -2.07. The smallest absolute Gasteiger partial charge is 0.355 e. The Bertz CT molecular complexity index is 1060. The lowest BCUT2D eigenvalue weighted by molar-refractivity contribution is -0.134. The molecule has 150 valence electrons. The quantitative estimate of drug-likeness (QED) is 0.334. The van der Waals surface area contributed by atoms with E-state index in [1.165, 1.54) is 13.2 Å². The van der Waals surface area contributed by atoms with Crippen LogP contribution in [0.1, 0.15) is 15.9 Å². The molecule has 3 aromatic rings. The van der Waals surface area contributed by atoms with E-state index in [0.29, 0.717) is 22.7 Å². The van der Waals surface area contributed by atoms with Crippen LogP contribution in [-0.2, 0) is 9.63 Å². The fourth-order valence-corrected chi connectivity index (χ4v) is 2.38. The average Bonchev–Trinajstić information content (AvgIpc) is 2.81. The minimum absolute atomic E-state index is 0.381. The summed E-state index contributed by atoms with van der Waals surface area (Å²) in [5, 5.41) is 7.64. The van der Waals surface area contributed by atoms with Crippen LogP contribution < -0.4 is 10.2 Å². The molecule has 0 aliphatic heterocycles. The Hall–Kier alpha value is -4.26. The van der Waals surface area contributed by atoms with Gasteiger partial charge in [0.25, 0.3) is 5.91 Å². The summed E-state index contributed by atoms with van der Waals surface area (Å²) in [4.78, 5) is 28.8. The van der Waals surface area contributed by atoms with E-state index in [4.69, 9.17) is 9.57 Å². The maximum Gasteiger partial charge on any atom is 0.355 e. The van der Waals surface area contributed by atoms with Gasteiger partial charge in [0.05, 0.1) is 18.5 Å². The van der Waals surface area contributed by atoms with E-state index in [-0.39, 0.29) is 0 Å². The van der Waals surface area contributed by atoms with Crippen molar-refractivity contribution in [2.45, 2.75) is 0 Å². The molecule has 0 unspecified atom stereocenters. The minimum atomic E-state index is -0.536. The first-order chi connectivity index (χ1) is 14.6. The normalized spacial score (nSPS) is 10.8. The molecule has 3 aromatic carbocycles. The molecule has 3 rings (SSSR count). The van der Waals surface area contributed by atoms with E-state index in [0.717, 1.165) is 5.56 Å². The molecule has 0 saturated heterocycles. The first-order valence-electron chi connectivity index (χ1n) is 9.04. The molecule has 0 aliphatic carbocycles. The Kier molecular flexibility index (Phi) is 7.05. The van der Waals surface area contributed by atoms with Crippen LogP contribution in [0.5, 0.6) is 5.75 Å². The number of nitrogens with one attached hydrogen (secondary N) is 1. The molecule has 1 N–H and O–H groups in total. The Morgan fingerprint density at radius 2 is 1.70 bits per heavy atom. The van der Waals surface area contributed by atoms with Crippen LogP contribution in [0.2, 0.25) is 0 Å². The summed E-state index contributed by atoms with van der Waals surface area (Å²) in [6.45, 7) is 0. The van der Waals surface area contributed by atoms with Gasteiger partial charge in [0.2, 0.25) is 0 Å². The van der Waals surface area contributed by atoms with Crippen molar-refractivity contribution in [1.82, 2.24) is 0 Å². The Morgan fingerprint density at radius 1 is 0.933 bits per heavy atom. The number of amides is 1. The Labute approximate surface area is 173 Å². The van der Waals surface area contributed by atoms with E-state index in [1.807, 2.05) is 30.3 Å². The fourth-order valence-electron chi connectivity index (χ4n) is 2.38. The first kappa shape index (κ1) is 20.5.